The van der Waals surface area contributed by atoms with Gasteiger partial charge in [-0.3, -0.25) is 9.69 Å². The van der Waals surface area contributed by atoms with Gasteiger partial charge in [-0.1, -0.05) is 36.8 Å². The predicted molar refractivity (Wildman–Crippen MR) is 91.1 cm³/mol. The van der Waals surface area contributed by atoms with Crippen molar-refractivity contribution in [1.82, 2.24) is 15.2 Å². The zero-order valence-electron chi connectivity index (χ0n) is 13.9. The fraction of sp³-hybridized carbons (Fsp3) is 0.368. The number of piperidine rings is 1. The number of likely N-dealkylation sites (tertiary alicyclic amines) is 1. The number of hydrogen-bond donors (Lipinski definition) is 1. The van der Waals surface area contributed by atoms with Gasteiger partial charge >= 0.3 is 0 Å². The highest BCUT2D eigenvalue weighted by Crippen LogP contribution is 2.24. The molecule has 132 valence electrons. The van der Waals surface area contributed by atoms with Gasteiger partial charge in [-0.25, -0.2) is 13.8 Å². The minimum absolute atomic E-state index is 0.0222. The summed E-state index contributed by atoms with van der Waals surface area (Å²) >= 11 is 0. The fourth-order valence-electron chi connectivity index (χ4n) is 3.22. The molecule has 1 fully saturated rings. The molecule has 0 aliphatic carbocycles. The number of pyridine rings is 1. The van der Waals surface area contributed by atoms with Crippen LogP contribution < -0.4 is 5.32 Å². The Balaban J connectivity index is 1.72. The molecule has 1 N–H and O–H groups in total. The number of nitrogens with zero attached hydrogens (tertiary/aromatic N) is 2. The minimum Gasteiger partial charge on any atom is -0.349 e. The molecule has 0 bridgehead atoms. The molecule has 25 heavy (non-hydrogen) atoms. The topological polar surface area (TPSA) is 45.2 Å². The molecule has 2 aromatic rings. The Morgan fingerprint density at radius 2 is 1.88 bits per heavy atom. The van der Waals surface area contributed by atoms with Crippen LogP contribution in [-0.4, -0.2) is 35.4 Å². The smallest absolute Gasteiger partial charge is 0.273 e. The SMILES string of the molecule is O=C(NC[C@H](c1ccccc1)N1CCCCC1)c1ncc(F)cc1F. The van der Waals surface area contributed by atoms with Crippen LogP contribution in [0.5, 0.6) is 0 Å². The summed E-state index contributed by atoms with van der Waals surface area (Å²) in [6.45, 7) is 2.29. The van der Waals surface area contributed by atoms with Crippen LogP contribution >= 0.6 is 0 Å². The molecule has 3 rings (SSSR count). The third kappa shape index (κ3) is 4.39. The molecule has 1 saturated heterocycles. The van der Waals surface area contributed by atoms with E-state index in [9.17, 15) is 13.6 Å². The number of rotatable bonds is 5. The highest BCUT2D eigenvalue weighted by Gasteiger charge is 2.23. The van der Waals surface area contributed by atoms with Crippen molar-refractivity contribution in [3.05, 3.63) is 65.5 Å². The molecule has 4 nitrogen and oxygen atoms in total. The van der Waals surface area contributed by atoms with E-state index in [1.54, 1.807) is 0 Å². The zero-order chi connectivity index (χ0) is 17.6. The Bertz CT molecular complexity index is 718. The van der Waals surface area contributed by atoms with Gasteiger partial charge in [0.25, 0.3) is 5.91 Å². The summed E-state index contributed by atoms with van der Waals surface area (Å²) < 4.78 is 26.7. The molecule has 1 aliphatic heterocycles. The Hall–Kier alpha value is -2.34. The molecule has 0 saturated carbocycles. The molecular formula is C19H21F2N3O. The van der Waals surface area contributed by atoms with Gasteiger partial charge in [0.1, 0.15) is 5.82 Å². The van der Waals surface area contributed by atoms with Crippen molar-refractivity contribution in [2.75, 3.05) is 19.6 Å². The summed E-state index contributed by atoms with van der Waals surface area (Å²) in [7, 11) is 0. The van der Waals surface area contributed by atoms with E-state index in [0.717, 1.165) is 37.7 Å². The standard InChI is InChI=1S/C19H21F2N3O/c20-15-11-16(21)18(22-12-15)19(25)23-13-17(14-7-3-1-4-8-14)24-9-5-2-6-10-24/h1,3-4,7-8,11-12,17H,2,5-6,9-10,13H2,(H,23,25)/t17-/m1/s1. The number of halogens is 2. The van der Waals surface area contributed by atoms with Crippen LogP contribution in [0, 0.1) is 11.6 Å². The van der Waals surface area contributed by atoms with Crippen LogP contribution in [0.25, 0.3) is 0 Å². The number of amides is 1. The van der Waals surface area contributed by atoms with Gasteiger partial charge in [-0.2, -0.15) is 0 Å². The molecule has 1 atom stereocenters. The van der Waals surface area contributed by atoms with Crippen LogP contribution in [-0.2, 0) is 0 Å². The van der Waals surface area contributed by atoms with E-state index in [1.165, 1.54) is 6.42 Å². The molecule has 0 spiro atoms. The maximum atomic E-state index is 13.7. The number of hydrogen-bond acceptors (Lipinski definition) is 3. The monoisotopic (exact) mass is 345 g/mol. The van der Waals surface area contributed by atoms with E-state index in [0.29, 0.717) is 12.6 Å². The highest BCUT2D eigenvalue weighted by molar-refractivity contribution is 5.92. The molecule has 0 radical (unpaired) electrons. The first-order valence-electron chi connectivity index (χ1n) is 8.53. The first-order valence-corrected chi connectivity index (χ1v) is 8.53. The lowest BCUT2D eigenvalue weighted by atomic mass is 10.0. The van der Waals surface area contributed by atoms with Gasteiger partial charge in [0, 0.05) is 12.6 Å². The lowest BCUT2D eigenvalue weighted by Gasteiger charge is -2.35. The Morgan fingerprint density at radius 3 is 2.56 bits per heavy atom. The summed E-state index contributed by atoms with van der Waals surface area (Å²) in [6, 6.07) is 10.6. The van der Waals surface area contributed by atoms with E-state index in [-0.39, 0.29) is 11.7 Å². The quantitative estimate of drug-likeness (QED) is 0.904. The van der Waals surface area contributed by atoms with Gasteiger partial charge in [0.05, 0.1) is 12.2 Å². The second-order valence-corrected chi connectivity index (χ2v) is 6.22. The van der Waals surface area contributed by atoms with Crippen molar-refractivity contribution in [2.24, 2.45) is 0 Å². The maximum absolute atomic E-state index is 13.7. The summed E-state index contributed by atoms with van der Waals surface area (Å²) in [5.41, 5.74) is 0.726. The summed E-state index contributed by atoms with van der Waals surface area (Å²) in [6.07, 6.45) is 4.32. The molecule has 1 amide bonds. The third-order valence-corrected chi connectivity index (χ3v) is 4.49. The number of carbonyl (C=O) groups is 1. The second kappa shape index (κ2) is 8.16. The van der Waals surface area contributed by atoms with Crippen molar-refractivity contribution in [2.45, 2.75) is 25.3 Å². The van der Waals surface area contributed by atoms with E-state index < -0.39 is 17.5 Å². The van der Waals surface area contributed by atoms with Crippen molar-refractivity contribution in [1.29, 1.82) is 0 Å². The Kier molecular flexibility index (Phi) is 5.71. The molecule has 1 aliphatic rings. The average molecular weight is 345 g/mol. The lowest BCUT2D eigenvalue weighted by molar-refractivity contribution is 0.0915. The molecule has 6 heteroatoms. The largest absolute Gasteiger partial charge is 0.349 e. The van der Waals surface area contributed by atoms with Gasteiger partial charge in [0.15, 0.2) is 11.5 Å². The lowest BCUT2D eigenvalue weighted by Crippen LogP contribution is -2.41. The first-order chi connectivity index (χ1) is 12.1. The first kappa shape index (κ1) is 17.5. The van der Waals surface area contributed by atoms with Crippen LogP contribution in [0.3, 0.4) is 0 Å². The number of aromatic nitrogens is 1. The van der Waals surface area contributed by atoms with Crippen LogP contribution in [0.1, 0.15) is 41.4 Å². The molecule has 1 aromatic heterocycles. The summed E-state index contributed by atoms with van der Waals surface area (Å²) in [4.78, 5) is 18.1. The molecule has 1 aromatic carbocycles. The van der Waals surface area contributed by atoms with Crippen molar-refractivity contribution >= 4 is 5.91 Å². The van der Waals surface area contributed by atoms with Crippen LogP contribution in [0.15, 0.2) is 42.6 Å². The van der Waals surface area contributed by atoms with Crippen LogP contribution in [0.4, 0.5) is 8.78 Å². The fourth-order valence-corrected chi connectivity index (χ4v) is 3.22. The van der Waals surface area contributed by atoms with E-state index in [4.69, 9.17) is 0 Å². The predicted octanol–water partition coefficient (Wildman–Crippen LogP) is 3.32. The van der Waals surface area contributed by atoms with Gasteiger partial charge in [-0.15, -0.1) is 0 Å². The zero-order valence-corrected chi connectivity index (χ0v) is 13.9. The Labute approximate surface area is 145 Å². The summed E-state index contributed by atoms with van der Waals surface area (Å²) in [5, 5.41) is 2.75. The van der Waals surface area contributed by atoms with E-state index in [2.05, 4.69) is 15.2 Å². The van der Waals surface area contributed by atoms with Gasteiger partial charge in [-0.05, 0) is 31.5 Å². The Morgan fingerprint density at radius 1 is 1.16 bits per heavy atom. The van der Waals surface area contributed by atoms with Crippen molar-refractivity contribution in [3.8, 4) is 0 Å². The van der Waals surface area contributed by atoms with Crippen molar-refractivity contribution in [3.63, 3.8) is 0 Å². The normalized spacial score (nSPS) is 16.4. The number of benzene rings is 1. The number of carbonyl (C=O) groups excluding carboxylic acids is 1. The molecule has 0 unspecified atom stereocenters. The van der Waals surface area contributed by atoms with Crippen LogP contribution in [0.2, 0.25) is 0 Å². The number of nitrogens with one attached hydrogen (secondary N) is 1. The average Bonchev–Trinajstić information content (AvgIpc) is 2.63. The summed E-state index contributed by atoms with van der Waals surface area (Å²) in [5.74, 6) is -2.38. The van der Waals surface area contributed by atoms with E-state index >= 15 is 0 Å². The third-order valence-electron chi connectivity index (χ3n) is 4.49. The minimum atomic E-state index is -0.952. The molecular weight excluding hydrogens is 324 g/mol. The highest BCUT2D eigenvalue weighted by atomic mass is 19.1. The molecule has 2 heterocycles. The van der Waals surface area contributed by atoms with Gasteiger partial charge < -0.3 is 5.32 Å². The van der Waals surface area contributed by atoms with Crippen molar-refractivity contribution < 1.29 is 13.6 Å². The van der Waals surface area contributed by atoms with E-state index in [1.807, 2.05) is 30.3 Å². The second-order valence-electron chi connectivity index (χ2n) is 6.22. The van der Waals surface area contributed by atoms with Gasteiger partial charge in [0.2, 0.25) is 0 Å². The maximum Gasteiger partial charge on any atom is 0.273 e.